The van der Waals surface area contributed by atoms with Gasteiger partial charge in [0, 0.05) is 0 Å². The Labute approximate surface area is 96.6 Å². The van der Waals surface area contributed by atoms with E-state index < -0.39 is 28.7 Å². The van der Waals surface area contributed by atoms with Gasteiger partial charge in [0.25, 0.3) is 0 Å². The van der Waals surface area contributed by atoms with Gasteiger partial charge in [0.2, 0.25) is 0 Å². The monoisotopic (exact) mass is 230 g/mol. The summed E-state index contributed by atoms with van der Waals surface area (Å²) in [4.78, 5) is 11.1. The van der Waals surface area contributed by atoms with Crippen LogP contribution in [0, 0.1) is 5.92 Å². The van der Waals surface area contributed by atoms with Gasteiger partial charge in [-0.05, 0) is 47.5 Å². The minimum Gasteiger partial charge on any atom is -0.481 e. The number of carboxylic acids is 1. The number of aliphatic hydroxyl groups is 1. The lowest BCUT2D eigenvalue weighted by molar-refractivity contribution is -0.255. The average molecular weight is 230 g/mol. The quantitative estimate of drug-likeness (QED) is 0.759. The van der Waals surface area contributed by atoms with Crippen molar-refractivity contribution in [2.75, 3.05) is 0 Å². The number of carboxylic acid groups (broad SMARTS) is 1. The summed E-state index contributed by atoms with van der Waals surface area (Å²) in [6.07, 6.45) is 1.08. The molecule has 0 aliphatic carbocycles. The van der Waals surface area contributed by atoms with E-state index in [1.807, 2.05) is 6.92 Å². The Morgan fingerprint density at radius 1 is 1.38 bits per heavy atom. The molecule has 1 aliphatic rings. The van der Waals surface area contributed by atoms with Crippen molar-refractivity contribution < 1.29 is 19.7 Å². The van der Waals surface area contributed by atoms with Gasteiger partial charge in [-0.3, -0.25) is 4.79 Å². The maximum absolute atomic E-state index is 11.1. The van der Waals surface area contributed by atoms with Gasteiger partial charge in [-0.15, -0.1) is 0 Å². The van der Waals surface area contributed by atoms with Crippen molar-refractivity contribution >= 4 is 5.97 Å². The van der Waals surface area contributed by atoms with Gasteiger partial charge < -0.3 is 14.9 Å². The molecule has 1 aliphatic heterocycles. The van der Waals surface area contributed by atoms with Crippen LogP contribution in [0.3, 0.4) is 0 Å². The molecule has 16 heavy (non-hydrogen) atoms. The summed E-state index contributed by atoms with van der Waals surface area (Å²) in [5.74, 6) is -1.34. The van der Waals surface area contributed by atoms with Crippen LogP contribution in [0.5, 0.6) is 0 Å². The molecule has 0 spiro atoms. The highest BCUT2D eigenvalue weighted by Crippen LogP contribution is 2.44. The third-order valence-corrected chi connectivity index (χ3v) is 3.83. The molecule has 1 saturated heterocycles. The molecule has 4 nitrogen and oxygen atoms in total. The van der Waals surface area contributed by atoms with Crippen LogP contribution in [0.15, 0.2) is 0 Å². The molecule has 0 saturated carbocycles. The van der Waals surface area contributed by atoms with E-state index in [-0.39, 0.29) is 0 Å². The van der Waals surface area contributed by atoms with Crippen molar-refractivity contribution in [2.45, 2.75) is 64.3 Å². The molecule has 0 aromatic carbocycles. The van der Waals surface area contributed by atoms with E-state index in [4.69, 9.17) is 9.84 Å². The maximum Gasteiger partial charge on any atom is 0.309 e. The highest BCUT2D eigenvalue weighted by atomic mass is 16.5. The standard InChI is InChI=1S/C12H22O4/c1-10(2)8(9(13)14)6-7-12(5,16-10)11(3,4)15/h8,15H,6-7H2,1-5H3,(H,13,14)/t8-,12+/m1/s1. The number of ether oxygens (including phenoxy) is 1. The van der Waals surface area contributed by atoms with E-state index in [9.17, 15) is 9.90 Å². The Morgan fingerprint density at radius 3 is 2.19 bits per heavy atom. The molecule has 0 aromatic rings. The van der Waals surface area contributed by atoms with Crippen LogP contribution in [0.4, 0.5) is 0 Å². The number of hydrogen-bond donors (Lipinski definition) is 2. The van der Waals surface area contributed by atoms with E-state index in [2.05, 4.69) is 0 Å². The molecule has 0 radical (unpaired) electrons. The Hall–Kier alpha value is -0.610. The molecule has 1 fully saturated rings. The zero-order chi connectivity index (χ0) is 12.8. The molecule has 4 heteroatoms. The molecule has 1 heterocycles. The molecular weight excluding hydrogens is 208 g/mol. The van der Waals surface area contributed by atoms with Gasteiger partial charge in [-0.25, -0.2) is 0 Å². The fraction of sp³-hybridized carbons (Fsp3) is 0.917. The van der Waals surface area contributed by atoms with Gasteiger partial charge in [0.05, 0.1) is 22.7 Å². The van der Waals surface area contributed by atoms with Gasteiger partial charge in [-0.2, -0.15) is 0 Å². The van der Waals surface area contributed by atoms with Crippen LogP contribution in [0.2, 0.25) is 0 Å². The van der Waals surface area contributed by atoms with Crippen molar-refractivity contribution in [2.24, 2.45) is 5.92 Å². The van der Waals surface area contributed by atoms with Crippen molar-refractivity contribution in [3.8, 4) is 0 Å². The summed E-state index contributed by atoms with van der Waals surface area (Å²) in [6.45, 7) is 8.78. The first-order valence-corrected chi connectivity index (χ1v) is 5.65. The predicted molar refractivity (Wildman–Crippen MR) is 60.2 cm³/mol. The largest absolute Gasteiger partial charge is 0.481 e. The summed E-state index contributed by atoms with van der Waals surface area (Å²) < 4.78 is 5.87. The lowest BCUT2D eigenvalue weighted by Crippen LogP contribution is -2.60. The lowest BCUT2D eigenvalue weighted by atomic mass is 9.73. The number of aliphatic carboxylic acids is 1. The second-order valence-electron chi connectivity index (χ2n) is 5.92. The Balaban J connectivity index is 2.94. The number of rotatable bonds is 2. The topological polar surface area (TPSA) is 66.8 Å². The molecule has 0 bridgehead atoms. The minimum atomic E-state index is -0.978. The first-order chi connectivity index (χ1) is 7.00. The maximum atomic E-state index is 11.1. The molecule has 2 atom stereocenters. The second kappa shape index (κ2) is 3.70. The van der Waals surface area contributed by atoms with Gasteiger partial charge in [0.1, 0.15) is 0 Å². The van der Waals surface area contributed by atoms with Gasteiger partial charge >= 0.3 is 5.97 Å². The second-order valence-corrected chi connectivity index (χ2v) is 5.92. The highest BCUT2D eigenvalue weighted by Gasteiger charge is 2.52. The van der Waals surface area contributed by atoms with Crippen LogP contribution >= 0.6 is 0 Å². The van der Waals surface area contributed by atoms with Crippen LogP contribution in [-0.2, 0) is 9.53 Å². The summed E-state index contributed by atoms with van der Waals surface area (Å²) in [6, 6.07) is 0. The predicted octanol–water partition coefficient (Wildman–Crippen LogP) is 1.81. The third kappa shape index (κ3) is 2.23. The zero-order valence-corrected chi connectivity index (χ0v) is 10.7. The summed E-state index contributed by atoms with van der Waals surface area (Å²) >= 11 is 0. The number of hydrogen-bond acceptors (Lipinski definition) is 3. The fourth-order valence-electron chi connectivity index (χ4n) is 2.32. The van der Waals surface area contributed by atoms with E-state index >= 15 is 0 Å². The van der Waals surface area contributed by atoms with E-state index in [1.54, 1.807) is 27.7 Å². The number of carbonyl (C=O) groups is 1. The van der Waals surface area contributed by atoms with Crippen molar-refractivity contribution in [3.05, 3.63) is 0 Å². The Morgan fingerprint density at radius 2 is 1.88 bits per heavy atom. The van der Waals surface area contributed by atoms with Gasteiger partial charge in [0.15, 0.2) is 0 Å². The molecule has 2 N–H and O–H groups in total. The average Bonchev–Trinajstić information content (AvgIpc) is 1.98. The normalized spacial score (nSPS) is 34.8. The Kier molecular flexibility index (Phi) is 3.12. The van der Waals surface area contributed by atoms with E-state index in [0.717, 1.165) is 0 Å². The van der Waals surface area contributed by atoms with Gasteiger partial charge in [-0.1, -0.05) is 0 Å². The summed E-state index contributed by atoms with van der Waals surface area (Å²) in [5, 5.41) is 19.2. The van der Waals surface area contributed by atoms with Crippen molar-refractivity contribution in [1.29, 1.82) is 0 Å². The fourth-order valence-corrected chi connectivity index (χ4v) is 2.32. The lowest BCUT2D eigenvalue weighted by Gasteiger charge is -2.51. The zero-order valence-electron chi connectivity index (χ0n) is 10.7. The van der Waals surface area contributed by atoms with Crippen LogP contribution in [-0.4, -0.2) is 33.0 Å². The highest BCUT2D eigenvalue weighted by molar-refractivity contribution is 5.71. The first-order valence-electron chi connectivity index (χ1n) is 5.65. The molecular formula is C12H22O4. The van der Waals surface area contributed by atoms with E-state index in [0.29, 0.717) is 12.8 Å². The van der Waals surface area contributed by atoms with E-state index in [1.165, 1.54) is 0 Å². The van der Waals surface area contributed by atoms with Crippen molar-refractivity contribution in [1.82, 2.24) is 0 Å². The third-order valence-electron chi connectivity index (χ3n) is 3.83. The van der Waals surface area contributed by atoms with Crippen LogP contribution in [0.1, 0.15) is 47.5 Å². The smallest absolute Gasteiger partial charge is 0.309 e. The molecule has 0 aromatic heterocycles. The molecule has 94 valence electrons. The van der Waals surface area contributed by atoms with Crippen molar-refractivity contribution in [3.63, 3.8) is 0 Å². The summed E-state index contributed by atoms with van der Waals surface area (Å²) in [5.41, 5.74) is -2.42. The summed E-state index contributed by atoms with van der Waals surface area (Å²) in [7, 11) is 0. The SMILES string of the molecule is CC1(C)O[C@](C)(C(C)(C)O)CC[C@@H]1C(=O)O. The molecule has 0 unspecified atom stereocenters. The molecule has 0 amide bonds. The Bertz CT molecular complexity index is 290. The van der Waals surface area contributed by atoms with Crippen LogP contribution in [0.25, 0.3) is 0 Å². The minimum absolute atomic E-state index is 0.511. The van der Waals surface area contributed by atoms with Crippen LogP contribution < -0.4 is 0 Å². The first kappa shape index (κ1) is 13.5. The molecule has 1 rings (SSSR count).